The van der Waals surface area contributed by atoms with Crippen molar-refractivity contribution < 1.29 is 5.11 Å². The highest BCUT2D eigenvalue weighted by Crippen LogP contribution is 2.20. The van der Waals surface area contributed by atoms with Gasteiger partial charge in [-0.05, 0) is 32.5 Å². The molecular formula is C28H51NO. The predicted molar refractivity (Wildman–Crippen MR) is 133 cm³/mol. The van der Waals surface area contributed by atoms with Gasteiger partial charge in [-0.25, -0.2) is 0 Å². The van der Waals surface area contributed by atoms with Gasteiger partial charge in [-0.15, -0.1) is 0 Å². The molecule has 0 saturated carbocycles. The average Bonchev–Trinajstić information content (AvgIpc) is 2.78. The molecule has 0 radical (unpaired) electrons. The third-order valence-corrected chi connectivity index (χ3v) is 6.66. The molecular weight excluding hydrogens is 366 g/mol. The largest absolute Gasteiger partial charge is 0.387 e. The van der Waals surface area contributed by atoms with Crippen molar-refractivity contribution in [2.24, 2.45) is 0 Å². The lowest BCUT2D eigenvalue weighted by Gasteiger charge is -2.29. The van der Waals surface area contributed by atoms with E-state index in [1.165, 1.54) is 103 Å². The molecule has 0 amide bonds. The smallest absolute Gasteiger partial charge is 0.0942 e. The second kappa shape index (κ2) is 18.9. The number of rotatable bonds is 20. The van der Waals surface area contributed by atoms with Crippen molar-refractivity contribution in [3.8, 4) is 0 Å². The molecule has 0 aliphatic heterocycles. The standard InChI is InChI=1S/C28H51NO/c1-4-5-6-7-8-9-10-11-12-13-14-15-16-17-18-22-25-29(3)26(2)28(30)27-23-20-19-21-24-27/h19-21,23-24,26,28,30H,4-18,22,25H2,1-3H3. The molecule has 1 rings (SSSR count). The third-order valence-electron chi connectivity index (χ3n) is 6.66. The summed E-state index contributed by atoms with van der Waals surface area (Å²) in [6.45, 7) is 5.49. The summed E-state index contributed by atoms with van der Waals surface area (Å²) in [4.78, 5) is 2.31. The zero-order valence-electron chi connectivity index (χ0n) is 20.5. The number of hydrogen-bond acceptors (Lipinski definition) is 2. The second-order valence-corrected chi connectivity index (χ2v) is 9.38. The molecule has 0 fully saturated rings. The fourth-order valence-corrected chi connectivity index (χ4v) is 4.28. The van der Waals surface area contributed by atoms with E-state index in [0.717, 1.165) is 12.1 Å². The van der Waals surface area contributed by atoms with Crippen molar-refractivity contribution in [2.75, 3.05) is 13.6 Å². The molecule has 2 unspecified atom stereocenters. The van der Waals surface area contributed by atoms with Gasteiger partial charge in [0.1, 0.15) is 0 Å². The van der Waals surface area contributed by atoms with Gasteiger partial charge in [-0.3, -0.25) is 0 Å². The van der Waals surface area contributed by atoms with Crippen LogP contribution in [-0.4, -0.2) is 29.6 Å². The molecule has 0 bridgehead atoms. The fraction of sp³-hybridized carbons (Fsp3) is 0.786. The van der Waals surface area contributed by atoms with Crippen LogP contribution in [0.1, 0.15) is 128 Å². The minimum atomic E-state index is -0.405. The Bertz CT molecular complexity index is 475. The summed E-state index contributed by atoms with van der Waals surface area (Å²) in [5.41, 5.74) is 1.02. The topological polar surface area (TPSA) is 23.5 Å². The molecule has 0 saturated heterocycles. The molecule has 0 spiro atoms. The maximum absolute atomic E-state index is 10.6. The van der Waals surface area contributed by atoms with Crippen LogP contribution in [0.5, 0.6) is 0 Å². The van der Waals surface area contributed by atoms with Crippen LogP contribution in [0.2, 0.25) is 0 Å². The molecule has 2 atom stereocenters. The fourth-order valence-electron chi connectivity index (χ4n) is 4.28. The molecule has 0 heterocycles. The summed E-state index contributed by atoms with van der Waals surface area (Å²) in [5, 5.41) is 10.6. The maximum atomic E-state index is 10.6. The summed E-state index contributed by atoms with van der Waals surface area (Å²) in [7, 11) is 2.14. The van der Waals surface area contributed by atoms with Crippen molar-refractivity contribution in [3.05, 3.63) is 35.9 Å². The first-order valence-electron chi connectivity index (χ1n) is 13.1. The number of likely N-dealkylation sites (N-methyl/N-ethyl adjacent to an activating group) is 1. The Labute approximate surface area is 188 Å². The monoisotopic (exact) mass is 417 g/mol. The van der Waals surface area contributed by atoms with Gasteiger partial charge in [0.25, 0.3) is 0 Å². The van der Waals surface area contributed by atoms with Crippen LogP contribution in [-0.2, 0) is 0 Å². The number of nitrogens with zero attached hydrogens (tertiary/aromatic N) is 1. The highest BCUT2D eigenvalue weighted by molar-refractivity contribution is 5.18. The van der Waals surface area contributed by atoms with Crippen LogP contribution >= 0.6 is 0 Å². The van der Waals surface area contributed by atoms with Crippen molar-refractivity contribution >= 4 is 0 Å². The lowest BCUT2D eigenvalue weighted by molar-refractivity contribution is 0.0716. The predicted octanol–water partition coefficient (Wildman–Crippen LogP) is 8.30. The molecule has 0 aliphatic rings. The van der Waals surface area contributed by atoms with Gasteiger partial charge in [-0.2, -0.15) is 0 Å². The summed E-state index contributed by atoms with van der Waals surface area (Å²) >= 11 is 0. The third kappa shape index (κ3) is 13.4. The van der Waals surface area contributed by atoms with E-state index in [-0.39, 0.29) is 6.04 Å². The molecule has 0 aromatic heterocycles. The first-order chi connectivity index (χ1) is 14.7. The Morgan fingerprint density at radius 2 is 1.07 bits per heavy atom. The summed E-state index contributed by atoms with van der Waals surface area (Å²) in [5.74, 6) is 0. The van der Waals surface area contributed by atoms with E-state index in [0.29, 0.717) is 0 Å². The van der Waals surface area contributed by atoms with Crippen molar-refractivity contribution in [2.45, 2.75) is 129 Å². The van der Waals surface area contributed by atoms with E-state index >= 15 is 0 Å². The van der Waals surface area contributed by atoms with Crippen molar-refractivity contribution in [1.82, 2.24) is 4.90 Å². The Balaban J connectivity index is 1.88. The molecule has 174 valence electrons. The SMILES string of the molecule is CCCCCCCCCCCCCCCCCCN(C)C(C)C(O)c1ccccc1. The Morgan fingerprint density at radius 1 is 0.667 bits per heavy atom. The van der Waals surface area contributed by atoms with Crippen molar-refractivity contribution in [3.63, 3.8) is 0 Å². The summed E-state index contributed by atoms with van der Waals surface area (Å²) < 4.78 is 0. The van der Waals surface area contributed by atoms with Crippen LogP contribution in [0.25, 0.3) is 0 Å². The second-order valence-electron chi connectivity index (χ2n) is 9.38. The van der Waals surface area contributed by atoms with Gasteiger partial charge in [0.05, 0.1) is 6.10 Å². The van der Waals surface area contributed by atoms with Gasteiger partial charge in [0.15, 0.2) is 0 Å². The highest BCUT2D eigenvalue weighted by atomic mass is 16.3. The van der Waals surface area contributed by atoms with Gasteiger partial charge < -0.3 is 10.0 Å². The maximum Gasteiger partial charge on any atom is 0.0942 e. The first kappa shape index (κ1) is 27.2. The molecule has 1 N–H and O–H groups in total. The van der Waals surface area contributed by atoms with Crippen molar-refractivity contribution in [1.29, 1.82) is 0 Å². The number of hydrogen-bond donors (Lipinski definition) is 1. The van der Waals surface area contributed by atoms with E-state index in [4.69, 9.17) is 0 Å². The molecule has 0 aliphatic carbocycles. The molecule has 1 aromatic carbocycles. The van der Waals surface area contributed by atoms with Crippen LogP contribution < -0.4 is 0 Å². The Kier molecular flexibility index (Phi) is 17.1. The summed E-state index contributed by atoms with van der Waals surface area (Å²) in [6.07, 6.45) is 22.1. The Morgan fingerprint density at radius 3 is 1.50 bits per heavy atom. The van der Waals surface area contributed by atoms with Gasteiger partial charge in [-0.1, -0.05) is 134 Å². The molecule has 30 heavy (non-hydrogen) atoms. The minimum absolute atomic E-state index is 0.156. The van der Waals surface area contributed by atoms with Gasteiger partial charge >= 0.3 is 0 Å². The van der Waals surface area contributed by atoms with E-state index in [9.17, 15) is 5.11 Å². The zero-order valence-corrected chi connectivity index (χ0v) is 20.5. The van der Waals surface area contributed by atoms with Crippen LogP contribution in [0, 0.1) is 0 Å². The highest BCUT2D eigenvalue weighted by Gasteiger charge is 2.19. The minimum Gasteiger partial charge on any atom is -0.387 e. The number of unbranched alkanes of at least 4 members (excludes halogenated alkanes) is 15. The molecule has 2 nitrogen and oxygen atoms in total. The average molecular weight is 418 g/mol. The quantitative estimate of drug-likeness (QED) is 0.216. The lowest BCUT2D eigenvalue weighted by Crippen LogP contribution is -2.35. The summed E-state index contributed by atoms with van der Waals surface area (Å²) in [6, 6.07) is 10.2. The van der Waals surface area contributed by atoms with Crippen LogP contribution in [0.4, 0.5) is 0 Å². The van der Waals surface area contributed by atoms with Gasteiger partial charge in [0, 0.05) is 6.04 Å². The number of aliphatic hydroxyl groups is 1. The molecule has 1 aromatic rings. The Hall–Kier alpha value is -0.860. The van der Waals surface area contributed by atoms with E-state index in [1.54, 1.807) is 0 Å². The number of benzene rings is 1. The van der Waals surface area contributed by atoms with E-state index in [2.05, 4.69) is 25.8 Å². The zero-order chi connectivity index (χ0) is 21.9. The number of aliphatic hydroxyl groups excluding tert-OH is 1. The van der Waals surface area contributed by atoms with Gasteiger partial charge in [0.2, 0.25) is 0 Å². The lowest BCUT2D eigenvalue weighted by atomic mass is 10.0. The first-order valence-corrected chi connectivity index (χ1v) is 13.1. The normalized spacial score (nSPS) is 13.6. The molecule has 2 heteroatoms. The van der Waals surface area contributed by atoms with Crippen LogP contribution in [0.15, 0.2) is 30.3 Å². The van der Waals surface area contributed by atoms with E-state index in [1.807, 2.05) is 30.3 Å². The van der Waals surface area contributed by atoms with Crippen LogP contribution in [0.3, 0.4) is 0 Å². The van der Waals surface area contributed by atoms with E-state index < -0.39 is 6.10 Å².